The molecule has 4 N–H and O–H groups in total. The maximum absolute atomic E-state index is 11.3. The van der Waals surface area contributed by atoms with Crippen molar-refractivity contribution in [1.29, 1.82) is 0 Å². The Morgan fingerprint density at radius 2 is 2.03 bits per heavy atom. The molecule has 31 heavy (non-hydrogen) atoms. The number of aliphatic hydroxyl groups excluding tert-OH is 1. The average molecular weight is 449 g/mol. The Labute approximate surface area is 181 Å². The average Bonchev–Trinajstić information content (AvgIpc) is 3.15. The summed E-state index contributed by atoms with van der Waals surface area (Å²) in [6.45, 7) is 3.21. The number of hydrogen-bond donors (Lipinski definition) is 4. The molecule has 1 aromatic heterocycles. The van der Waals surface area contributed by atoms with Crippen molar-refractivity contribution in [1.82, 2.24) is 15.5 Å². The van der Waals surface area contributed by atoms with Gasteiger partial charge in [0.1, 0.15) is 12.4 Å². The van der Waals surface area contributed by atoms with Gasteiger partial charge in [0.15, 0.2) is 0 Å². The Kier molecular flexibility index (Phi) is 7.50. The molecule has 1 heterocycles. The summed E-state index contributed by atoms with van der Waals surface area (Å²) in [4.78, 5) is 0. The molecule has 0 bridgehead atoms. The Morgan fingerprint density at radius 1 is 1.23 bits per heavy atom. The Morgan fingerprint density at radius 3 is 2.77 bits per heavy atom. The van der Waals surface area contributed by atoms with Gasteiger partial charge in [-0.2, -0.15) is 5.10 Å². The SMILES string of the molecule is COC(C)c1n[nH]c2cc(OCCNC[C@H](O)c3cccc(NS(C)(=O)=O)c3)ccc12. The number of aromatic amines is 1. The smallest absolute Gasteiger partial charge is 0.229 e. The summed E-state index contributed by atoms with van der Waals surface area (Å²) < 4.78 is 36.2. The third-order valence-corrected chi connectivity index (χ3v) is 5.37. The van der Waals surface area contributed by atoms with Crippen LogP contribution in [0, 0.1) is 0 Å². The van der Waals surface area contributed by atoms with Crippen molar-refractivity contribution in [3.05, 3.63) is 53.7 Å². The first kappa shape index (κ1) is 23.0. The van der Waals surface area contributed by atoms with Gasteiger partial charge in [0.05, 0.1) is 29.7 Å². The predicted molar refractivity (Wildman–Crippen MR) is 120 cm³/mol. The van der Waals surface area contributed by atoms with Crippen molar-refractivity contribution in [3.63, 3.8) is 0 Å². The molecule has 1 unspecified atom stereocenters. The van der Waals surface area contributed by atoms with Gasteiger partial charge >= 0.3 is 0 Å². The Hall–Kier alpha value is -2.66. The fourth-order valence-electron chi connectivity index (χ4n) is 3.15. The largest absolute Gasteiger partial charge is 0.492 e. The fraction of sp³-hybridized carbons (Fsp3) is 0.381. The zero-order valence-corrected chi connectivity index (χ0v) is 18.6. The van der Waals surface area contributed by atoms with Crippen molar-refractivity contribution in [2.75, 3.05) is 37.8 Å². The van der Waals surface area contributed by atoms with E-state index in [-0.39, 0.29) is 6.10 Å². The van der Waals surface area contributed by atoms with E-state index >= 15 is 0 Å². The minimum Gasteiger partial charge on any atom is -0.492 e. The molecule has 0 amide bonds. The first-order valence-electron chi connectivity index (χ1n) is 9.87. The van der Waals surface area contributed by atoms with Gasteiger partial charge < -0.3 is 19.9 Å². The Balaban J connectivity index is 1.46. The molecule has 3 aromatic rings. The number of aromatic nitrogens is 2. The molecule has 0 aliphatic rings. The number of fused-ring (bicyclic) bond motifs is 1. The number of sulfonamides is 1. The molecule has 0 fully saturated rings. The quantitative estimate of drug-likeness (QED) is 0.332. The van der Waals surface area contributed by atoms with Gasteiger partial charge in [-0.25, -0.2) is 8.42 Å². The molecule has 0 spiro atoms. The lowest BCUT2D eigenvalue weighted by Crippen LogP contribution is -2.26. The summed E-state index contributed by atoms with van der Waals surface area (Å²) in [5.41, 5.74) is 2.77. The number of rotatable bonds is 11. The summed E-state index contributed by atoms with van der Waals surface area (Å²) in [6.07, 6.45) is 0.212. The van der Waals surface area contributed by atoms with Gasteiger partial charge in [0, 0.05) is 37.3 Å². The molecule has 0 aliphatic heterocycles. The van der Waals surface area contributed by atoms with E-state index in [9.17, 15) is 13.5 Å². The second kappa shape index (κ2) is 10.1. The van der Waals surface area contributed by atoms with Crippen LogP contribution in [-0.4, -0.2) is 56.8 Å². The van der Waals surface area contributed by atoms with Gasteiger partial charge in [-0.1, -0.05) is 12.1 Å². The summed E-state index contributed by atoms with van der Waals surface area (Å²) >= 11 is 0. The fourth-order valence-corrected chi connectivity index (χ4v) is 3.71. The second-order valence-electron chi connectivity index (χ2n) is 7.26. The summed E-state index contributed by atoms with van der Waals surface area (Å²) in [5.74, 6) is 0.717. The highest BCUT2D eigenvalue weighted by Crippen LogP contribution is 2.26. The van der Waals surface area contributed by atoms with E-state index in [2.05, 4.69) is 20.2 Å². The van der Waals surface area contributed by atoms with E-state index < -0.39 is 16.1 Å². The highest BCUT2D eigenvalue weighted by atomic mass is 32.2. The molecule has 10 heteroatoms. The van der Waals surface area contributed by atoms with Crippen LogP contribution in [0.5, 0.6) is 5.75 Å². The van der Waals surface area contributed by atoms with Gasteiger partial charge in [-0.15, -0.1) is 0 Å². The Bertz CT molecular complexity index is 1120. The molecule has 168 valence electrons. The van der Waals surface area contributed by atoms with Crippen LogP contribution in [0.2, 0.25) is 0 Å². The second-order valence-corrected chi connectivity index (χ2v) is 9.01. The number of nitrogens with one attached hydrogen (secondary N) is 3. The zero-order chi connectivity index (χ0) is 22.4. The first-order chi connectivity index (χ1) is 14.8. The van der Waals surface area contributed by atoms with Crippen LogP contribution in [0.15, 0.2) is 42.5 Å². The van der Waals surface area contributed by atoms with Gasteiger partial charge in [-0.3, -0.25) is 9.82 Å². The number of aliphatic hydroxyl groups is 1. The normalized spacial score (nSPS) is 13.8. The van der Waals surface area contributed by atoms with Crippen molar-refractivity contribution >= 4 is 26.6 Å². The third-order valence-electron chi connectivity index (χ3n) is 4.76. The van der Waals surface area contributed by atoms with Crippen LogP contribution in [0.1, 0.15) is 30.4 Å². The molecule has 0 saturated heterocycles. The highest BCUT2D eigenvalue weighted by molar-refractivity contribution is 7.92. The molecule has 2 aromatic carbocycles. The van der Waals surface area contributed by atoms with Crippen LogP contribution >= 0.6 is 0 Å². The highest BCUT2D eigenvalue weighted by Gasteiger charge is 2.13. The lowest BCUT2D eigenvalue weighted by atomic mass is 10.1. The molecule has 9 nitrogen and oxygen atoms in total. The van der Waals surface area contributed by atoms with Crippen molar-refractivity contribution in [2.45, 2.75) is 19.1 Å². The molecular weight excluding hydrogens is 420 g/mol. The van der Waals surface area contributed by atoms with E-state index in [1.807, 2.05) is 25.1 Å². The topological polar surface area (TPSA) is 126 Å². The van der Waals surface area contributed by atoms with E-state index in [0.29, 0.717) is 30.9 Å². The summed E-state index contributed by atoms with van der Waals surface area (Å²) in [5, 5.41) is 21.8. The van der Waals surface area contributed by atoms with E-state index in [1.165, 1.54) is 0 Å². The van der Waals surface area contributed by atoms with Gasteiger partial charge in [-0.05, 0) is 36.8 Å². The van der Waals surface area contributed by atoms with Crippen molar-refractivity contribution in [3.8, 4) is 5.75 Å². The monoisotopic (exact) mass is 448 g/mol. The lowest BCUT2D eigenvalue weighted by molar-refractivity contribution is 0.117. The summed E-state index contributed by atoms with van der Waals surface area (Å²) in [7, 11) is -1.72. The maximum atomic E-state index is 11.3. The van der Waals surface area contributed by atoms with Crippen LogP contribution in [0.4, 0.5) is 5.69 Å². The van der Waals surface area contributed by atoms with E-state index in [0.717, 1.165) is 28.6 Å². The van der Waals surface area contributed by atoms with Crippen molar-refractivity contribution < 1.29 is 23.0 Å². The third kappa shape index (κ3) is 6.41. The lowest BCUT2D eigenvalue weighted by Gasteiger charge is -2.14. The number of nitrogens with zero attached hydrogens (tertiary/aromatic N) is 1. The van der Waals surface area contributed by atoms with Crippen molar-refractivity contribution in [2.24, 2.45) is 0 Å². The van der Waals surface area contributed by atoms with Crippen LogP contribution < -0.4 is 14.8 Å². The van der Waals surface area contributed by atoms with Crippen LogP contribution in [-0.2, 0) is 14.8 Å². The molecular formula is C21H28N4O5S. The first-order valence-corrected chi connectivity index (χ1v) is 11.8. The van der Waals surface area contributed by atoms with Gasteiger partial charge in [0.2, 0.25) is 10.0 Å². The maximum Gasteiger partial charge on any atom is 0.229 e. The molecule has 0 saturated carbocycles. The zero-order valence-electron chi connectivity index (χ0n) is 17.8. The molecule has 0 radical (unpaired) electrons. The summed E-state index contributed by atoms with van der Waals surface area (Å²) in [6, 6.07) is 12.4. The number of methoxy groups -OCH3 is 1. The number of anilines is 1. The minimum absolute atomic E-state index is 0.0982. The van der Waals surface area contributed by atoms with Crippen LogP contribution in [0.25, 0.3) is 10.9 Å². The number of benzene rings is 2. The van der Waals surface area contributed by atoms with E-state index in [1.54, 1.807) is 31.4 Å². The van der Waals surface area contributed by atoms with E-state index in [4.69, 9.17) is 9.47 Å². The standard InChI is InChI=1S/C21H28N4O5S/c1-14(29-2)21-18-8-7-17(12-19(18)23-24-21)30-10-9-22-13-20(26)15-5-4-6-16(11-15)25-31(3,27)28/h4-8,11-12,14,20,22,25-26H,9-10,13H2,1-3H3,(H,23,24)/t14?,20-/m0/s1. The van der Waals surface area contributed by atoms with Gasteiger partial charge in [0.25, 0.3) is 0 Å². The molecule has 3 rings (SSSR count). The molecule has 0 aliphatic carbocycles. The molecule has 2 atom stereocenters. The number of H-pyrrole nitrogens is 1. The number of hydrogen-bond acceptors (Lipinski definition) is 7. The predicted octanol–water partition coefficient (Wildman–Crippen LogP) is 2.34. The minimum atomic E-state index is -3.36. The van der Waals surface area contributed by atoms with Crippen LogP contribution in [0.3, 0.4) is 0 Å². The number of ether oxygens (including phenoxy) is 2.